The molecule has 2 N–H and O–H groups in total. The molecule has 0 aliphatic heterocycles. The molecule has 2 nitrogen and oxygen atoms in total. The Balaban J connectivity index is 2.15. The molecule has 0 saturated heterocycles. The largest absolute Gasteiger partial charge is 0.330 e. The first kappa shape index (κ1) is 13.5. The standard InChI is InChI=1S/C15H22N2S/c1-10(2)6-12(9-16)8-15-17-13-5-4-11(3)7-14(13)18-15/h4-5,7,10,12H,6,8-9,16H2,1-3H3. The van der Waals surface area contributed by atoms with Gasteiger partial charge in [-0.25, -0.2) is 4.98 Å². The van der Waals surface area contributed by atoms with Crippen molar-refractivity contribution >= 4 is 21.6 Å². The summed E-state index contributed by atoms with van der Waals surface area (Å²) in [6.45, 7) is 7.39. The van der Waals surface area contributed by atoms with Gasteiger partial charge in [-0.2, -0.15) is 0 Å². The van der Waals surface area contributed by atoms with E-state index in [1.807, 2.05) is 11.3 Å². The third kappa shape index (κ3) is 3.30. The van der Waals surface area contributed by atoms with Crippen molar-refractivity contribution in [2.75, 3.05) is 6.54 Å². The van der Waals surface area contributed by atoms with Crippen LogP contribution in [-0.2, 0) is 6.42 Å². The van der Waals surface area contributed by atoms with Gasteiger partial charge in [0.05, 0.1) is 15.2 Å². The van der Waals surface area contributed by atoms with Gasteiger partial charge in [-0.1, -0.05) is 19.9 Å². The van der Waals surface area contributed by atoms with E-state index in [0.29, 0.717) is 11.8 Å². The lowest BCUT2D eigenvalue weighted by molar-refractivity contribution is 0.415. The van der Waals surface area contributed by atoms with Crippen molar-refractivity contribution in [3.8, 4) is 0 Å². The van der Waals surface area contributed by atoms with Gasteiger partial charge < -0.3 is 5.73 Å². The zero-order valence-electron chi connectivity index (χ0n) is 11.4. The molecule has 1 atom stereocenters. The molecule has 0 spiro atoms. The van der Waals surface area contributed by atoms with Gasteiger partial charge in [0.25, 0.3) is 0 Å². The van der Waals surface area contributed by atoms with Crippen molar-refractivity contribution in [3.63, 3.8) is 0 Å². The monoisotopic (exact) mass is 262 g/mol. The lowest BCUT2D eigenvalue weighted by atomic mass is 9.94. The van der Waals surface area contributed by atoms with Crippen LogP contribution >= 0.6 is 11.3 Å². The van der Waals surface area contributed by atoms with Crippen LogP contribution < -0.4 is 5.73 Å². The smallest absolute Gasteiger partial charge is 0.0941 e. The molecule has 3 heteroatoms. The second-order valence-corrected chi connectivity index (χ2v) is 6.63. The molecule has 0 saturated carbocycles. The highest BCUT2D eigenvalue weighted by molar-refractivity contribution is 7.18. The molecule has 0 amide bonds. The average Bonchev–Trinajstić information content (AvgIpc) is 2.68. The number of hydrogen-bond donors (Lipinski definition) is 1. The van der Waals surface area contributed by atoms with Gasteiger partial charge >= 0.3 is 0 Å². The number of rotatable bonds is 5. The summed E-state index contributed by atoms with van der Waals surface area (Å²) in [5.41, 5.74) is 8.29. The predicted octanol–water partition coefficient (Wildman–Crippen LogP) is 3.77. The molecule has 0 aliphatic rings. The van der Waals surface area contributed by atoms with Crippen molar-refractivity contribution in [2.45, 2.75) is 33.6 Å². The van der Waals surface area contributed by atoms with E-state index in [-0.39, 0.29) is 0 Å². The minimum Gasteiger partial charge on any atom is -0.330 e. The average molecular weight is 262 g/mol. The third-order valence-electron chi connectivity index (χ3n) is 3.19. The van der Waals surface area contributed by atoms with Crippen molar-refractivity contribution in [1.82, 2.24) is 4.98 Å². The minimum absolute atomic E-state index is 0.562. The summed E-state index contributed by atoms with van der Waals surface area (Å²) in [6, 6.07) is 6.46. The van der Waals surface area contributed by atoms with Crippen LogP contribution in [0.3, 0.4) is 0 Å². The van der Waals surface area contributed by atoms with Crippen LogP contribution in [0.25, 0.3) is 10.2 Å². The van der Waals surface area contributed by atoms with Crippen LogP contribution in [0.15, 0.2) is 18.2 Å². The second-order valence-electron chi connectivity index (χ2n) is 5.51. The summed E-state index contributed by atoms with van der Waals surface area (Å²) in [4.78, 5) is 4.71. The van der Waals surface area contributed by atoms with E-state index in [0.717, 1.165) is 18.5 Å². The lowest BCUT2D eigenvalue weighted by Gasteiger charge is -2.15. The van der Waals surface area contributed by atoms with Crippen molar-refractivity contribution in [1.29, 1.82) is 0 Å². The molecule has 0 aliphatic carbocycles. The van der Waals surface area contributed by atoms with E-state index in [4.69, 9.17) is 10.7 Å². The first-order chi connectivity index (χ1) is 8.58. The Labute approximate surface area is 113 Å². The number of hydrogen-bond acceptors (Lipinski definition) is 3. The normalized spacial score (nSPS) is 13.4. The molecule has 2 aromatic rings. The van der Waals surface area contributed by atoms with E-state index >= 15 is 0 Å². The van der Waals surface area contributed by atoms with Gasteiger partial charge in [0, 0.05) is 6.42 Å². The molecule has 18 heavy (non-hydrogen) atoms. The molecule has 1 unspecified atom stereocenters. The summed E-state index contributed by atoms with van der Waals surface area (Å²) in [5, 5.41) is 1.23. The zero-order valence-corrected chi connectivity index (χ0v) is 12.3. The quantitative estimate of drug-likeness (QED) is 0.891. The Morgan fingerprint density at radius 1 is 1.33 bits per heavy atom. The molecule has 1 aromatic heterocycles. The van der Waals surface area contributed by atoms with Crippen LogP contribution in [0.4, 0.5) is 0 Å². The van der Waals surface area contributed by atoms with Crippen molar-refractivity contribution in [2.24, 2.45) is 17.6 Å². The summed E-state index contributed by atoms with van der Waals surface area (Å²) < 4.78 is 1.30. The fourth-order valence-corrected chi connectivity index (χ4v) is 3.52. The van der Waals surface area contributed by atoms with E-state index < -0.39 is 0 Å². The van der Waals surface area contributed by atoms with Crippen molar-refractivity contribution in [3.05, 3.63) is 28.8 Å². The topological polar surface area (TPSA) is 38.9 Å². The van der Waals surface area contributed by atoms with E-state index in [9.17, 15) is 0 Å². The number of nitrogens with zero attached hydrogens (tertiary/aromatic N) is 1. The molecule has 2 rings (SSSR count). The SMILES string of the molecule is Cc1ccc2nc(CC(CN)CC(C)C)sc2c1. The number of thiazole rings is 1. The fraction of sp³-hybridized carbons (Fsp3) is 0.533. The summed E-state index contributed by atoms with van der Waals surface area (Å²) in [6.07, 6.45) is 2.21. The van der Waals surface area contributed by atoms with Gasteiger partial charge in [0.15, 0.2) is 0 Å². The van der Waals surface area contributed by atoms with Gasteiger partial charge in [-0.15, -0.1) is 11.3 Å². The molecular formula is C15H22N2S. The van der Waals surface area contributed by atoms with Gasteiger partial charge in [-0.3, -0.25) is 0 Å². The first-order valence-corrected chi connectivity index (χ1v) is 7.46. The maximum atomic E-state index is 5.86. The maximum absolute atomic E-state index is 5.86. The van der Waals surface area contributed by atoms with Gasteiger partial charge in [0.1, 0.15) is 0 Å². The van der Waals surface area contributed by atoms with E-state index in [1.165, 1.54) is 21.7 Å². The Morgan fingerprint density at radius 2 is 2.11 bits per heavy atom. The first-order valence-electron chi connectivity index (χ1n) is 6.64. The highest BCUT2D eigenvalue weighted by Gasteiger charge is 2.13. The number of fused-ring (bicyclic) bond motifs is 1. The van der Waals surface area contributed by atoms with E-state index in [2.05, 4.69) is 39.0 Å². The van der Waals surface area contributed by atoms with Crippen LogP contribution in [0, 0.1) is 18.8 Å². The molecule has 0 bridgehead atoms. The van der Waals surface area contributed by atoms with E-state index in [1.54, 1.807) is 0 Å². The molecule has 98 valence electrons. The second kappa shape index (κ2) is 5.81. The highest BCUT2D eigenvalue weighted by atomic mass is 32.1. The fourth-order valence-electron chi connectivity index (χ4n) is 2.34. The Hall–Kier alpha value is -0.930. The molecular weight excluding hydrogens is 240 g/mol. The summed E-state index contributed by atoms with van der Waals surface area (Å²) >= 11 is 1.82. The number of aromatic nitrogens is 1. The number of nitrogens with two attached hydrogens (primary N) is 1. The van der Waals surface area contributed by atoms with Crippen molar-refractivity contribution < 1.29 is 0 Å². The molecule has 0 radical (unpaired) electrons. The number of aryl methyl sites for hydroxylation is 1. The molecule has 1 heterocycles. The highest BCUT2D eigenvalue weighted by Crippen LogP contribution is 2.26. The molecule has 1 aromatic carbocycles. The zero-order chi connectivity index (χ0) is 13.1. The Bertz CT molecular complexity index is 516. The minimum atomic E-state index is 0.562. The summed E-state index contributed by atoms with van der Waals surface area (Å²) in [7, 11) is 0. The van der Waals surface area contributed by atoms with Gasteiger partial charge in [0.2, 0.25) is 0 Å². The Morgan fingerprint density at radius 3 is 2.78 bits per heavy atom. The van der Waals surface area contributed by atoms with Crippen LogP contribution in [-0.4, -0.2) is 11.5 Å². The third-order valence-corrected chi connectivity index (χ3v) is 4.23. The predicted molar refractivity (Wildman–Crippen MR) is 80.1 cm³/mol. The Kier molecular flexibility index (Phi) is 4.36. The van der Waals surface area contributed by atoms with Crippen LogP contribution in [0.1, 0.15) is 30.8 Å². The number of benzene rings is 1. The lowest BCUT2D eigenvalue weighted by Crippen LogP contribution is -2.18. The molecule has 0 fully saturated rings. The van der Waals surface area contributed by atoms with Gasteiger partial charge in [-0.05, 0) is 49.4 Å². The van der Waals surface area contributed by atoms with Crippen LogP contribution in [0.5, 0.6) is 0 Å². The van der Waals surface area contributed by atoms with Crippen LogP contribution in [0.2, 0.25) is 0 Å². The summed E-state index contributed by atoms with van der Waals surface area (Å²) in [5.74, 6) is 1.27. The maximum Gasteiger partial charge on any atom is 0.0941 e.